The fourth-order valence-electron chi connectivity index (χ4n) is 2.11. The Morgan fingerprint density at radius 1 is 0.800 bits per heavy atom. The van der Waals surface area contributed by atoms with E-state index in [4.69, 9.17) is 15.3 Å². The molecule has 30 heavy (non-hydrogen) atoms. The second-order valence-corrected chi connectivity index (χ2v) is 6.09. The molecule has 13 nitrogen and oxygen atoms in total. The van der Waals surface area contributed by atoms with Crippen LogP contribution in [0, 0.1) is 36.9 Å². The van der Waals surface area contributed by atoms with Gasteiger partial charge >= 0.3 is 23.9 Å². The van der Waals surface area contributed by atoms with Crippen molar-refractivity contribution < 1.29 is 81.0 Å². The van der Waals surface area contributed by atoms with Gasteiger partial charge in [-0.3, -0.25) is 14.4 Å². The van der Waals surface area contributed by atoms with Gasteiger partial charge in [0.2, 0.25) is 11.8 Å². The standard InChI is InChI=1S/C16H26N4O9.Lu/c1-9(21)18-8-12(22)17-7-3-2-4-10(14(25)26)19-16(29)20-11(15(27)28)5-6-13(23)24;/h10-11H,2-8H2,1H3,(H,17,22)(H,18,21)(H,23,24)(H,25,26)(H,27,28)(H2,19,20,29);. The van der Waals surface area contributed by atoms with Crippen LogP contribution in [-0.4, -0.2) is 76.2 Å². The van der Waals surface area contributed by atoms with Crippen LogP contribution in [0.4, 0.5) is 4.79 Å². The van der Waals surface area contributed by atoms with Crippen LogP contribution in [0.25, 0.3) is 0 Å². The van der Waals surface area contributed by atoms with Gasteiger partial charge < -0.3 is 36.6 Å². The molecule has 0 aliphatic heterocycles. The predicted octanol–water partition coefficient (Wildman–Crippen LogP) is -1.52. The first-order chi connectivity index (χ1) is 13.5. The third-order valence-electron chi connectivity index (χ3n) is 3.59. The van der Waals surface area contributed by atoms with Gasteiger partial charge in [0.1, 0.15) is 12.1 Å². The summed E-state index contributed by atoms with van der Waals surface area (Å²) in [5.74, 6) is -4.74. The molecule has 0 aromatic carbocycles. The molecule has 0 aliphatic carbocycles. The topological polar surface area (TPSA) is 211 Å². The molecular formula is C16H26LuN4O9. The van der Waals surface area contributed by atoms with Gasteiger partial charge in [0.25, 0.3) is 0 Å². The minimum Gasteiger partial charge on any atom is -0.481 e. The van der Waals surface area contributed by atoms with Crippen molar-refractivity contribution in [3.8, 4) is 0 Å². The summed E-state index contributed by atoms with van der Waals surface area (Å²) in [5, 5.41) is 35.7. The molecule has 0 aliphatic rings. The quantitative estimate of drug-likeness (QED) is 0.116. The maximum Gasteiger partial charge on any atom is 0.326 e. The van der Waals surface area contributed by atoms with Crippen molar-refractivity contribution in [2.24, 2.45) is 0 Å². The van der Waals surface area contributed by atoms with E-state index in [9.17, 15) is 28.8 Å². The smallest absolute Gasteiger partial charge is 0.326 e. The van der Waals surface area contributed by atoms with Crippen molar-refractivity contribution in [2.45, 2.75) is 51.1 Å². The van der Waals surface area contributed by atoms with Crippen LogP contribution in [0.2, 0.25) is 0 Å². The second-order valence-electron chi connectivity index (χ2n) is 6.09. The summed E-state index contributed by atoms with van der Waals surface area (Å²) < 4.78 is 0. The molecule has 4 amide bonds. The number of hydrogen-bond acceptors (Lipinski definition) is 6. The number of urea groups is 1. The summed E-state index contributed by atoms with van der Waals surface area (Å²) in [7, 11) is 0. The number of aliphatic carboxylic acids is 3. The summed E-state index contributed by atoms with van der Waals surface area (Å²) in [6.07, 6.45) is -0.0628. The van der Waals surface area contributed by atoms with E-state index >= 15 is 0 Å². The van der Waals surface area contributed by atoms with Gasteiger partial charge in [0, 0.05) is 56.8 Å². The van der Waals surface area contributed by atoms with Gasteiger partial charge in [0.05, 0.1) is 6.54 Å². The van der Waals surface area contributed by atoms with Gasteiger partial charge in [-0.05, 0) is 25.7 Å². The van der Waals surface area contributed by atoms with E-state index in [1.165, 1.54) is 6.92 Å². The number of unbranched alkanes of at least 4 members (excludes halogenated alkanes) is 1. The van der Waals surface area contributed by atoms with E-state index in [0.717, 1.165) is 0 Å². The van der Waals surface area contributed by atoms with Crippen LogP contribution in [0.15, 0.2) is 0 Å². The zero-order valence-corrected chi connectivity index (χ0v) is 17.8. The van der Waals surface area contributed by atoms with Gasteiger partial charge in [0.15, 0.2) is 0 Å². The first-order valence-electron chi connectivity index (χ1n) is 8.78. The summed E-state index contributed by atoms with van der Waals surface area (Å²) in [5.41, 5.74) is 0. The van der Waals surface area contributed by atoms with Crippen LogP contribution < -0.4 is 21.3 Å². The Kier molecular flexibility index (Phi) is 16.7. The third kappa shape index (κ3) is 15.7. The molecule has 7 N–H and O–H groups in total. The number of carbonyl (C=O) groups is 6. The number of carbonyl (C=O) groups excluding carboxylic acids is 3. The molecule has 0 aromatic rings. The molecule has 0 saturated carbocycles. The van der Waals surface area contributed by atoms with Crippen molar-refractivity contribution >= 4 is 35.8 Å². The van der Waals surface area contributed by atoms with E-state index < -0.39 is 48.4 Å². The largest absolute Gasteiger partial charge is 0.481 e. The molecule has 0 heterocycles. The van der Waals surface area contributed by atoms with Gasteiger partial charge in [-0.25, -0.2) is 14.4 Å². The Morgan fingerprint density at radius 3 is 1.80 bits per heavy atom. The van der Waals surface area contributed by atoms with Crippen molar-refractivity contribution in [1.29, 1.82) is 0 Å². The van der Waals surface area contributed by atoms with Crippen LogP contribution in [0.1, 0.15) is 39.0 Å². The summed E-state index contributed by atoms with van der Waals surface area (Å²) in [6.45, 7) is 1.35. The van der Waals surface area contributed by atoms with Crippen LogP contribution in [0.5, 0.6) is 0 Å². The molecular weight excluding hydrogens is 567 g/mol. The molecule has 179 valence electrons. The van der Waals surface area contributed by atoms with Gasteiger partial charge in [-0.1, -0.05) is 0 Å². The molecule has 0 rings (SSSR count). The molecule has 0 saturated heterocycles. The van der Waals surface area contributed by atoms with E-state index in [1.807, 2.05) is 5.32 Å². The van der Waals surface area contributed by atoms with Gasteiger partial charge in [-0.2, -0.15) is 0 Å². The Labute approximate surface area is 201 Å². The third-order valence-corrected chi connectivity index (χ3v) is 3.59. The Bertz CT molecular complexity index is 630. The SMILES string of the molecule is CC(=O)NCC(=O)NCCCCC(NC(=O)NC(CCC(=O)O)C(=O)O)C(=O)O.[Lu]. The summed E-state index contributed by atoms with van der Waals surface area (Å²) in [4.78, 5) is 66.7. The van der Waals surface area contributed by atoms with Crippen LogP contribution in [0.3, 0.4) is 0 Å². The first-order valence-corrected chi connectivity index (χ1v) is 8.78. The van der Waals surface area contributed by atoms with E-state index in [-0.39, 0.29) is 68.7 Å². The van der Waals surface area contributed by atoms with E-state index in [0.29, 0.717) is 12.8 Å². The average Bonchev–Trinajstić information content (AvgIpc) is 2.61. The molecule has 0 aromatic heterocycles. The van der Waals surface area contributed by atoms with Gasteiger partial charge in [-0.15, -0.1) is 0 Å². The maximum atomic E-state index is 11.8. The minimum atomic E-state index is -1.47. The van der Waals surface area contributed by atoms with Crippen LogP contribution >= 0.6 is 0 Å². The minimum absolute atomic E-state index is 0. The van der Waals surface area contributed by atoms with Crippen molar-refractivity contribution in [3.63, 3.8) is 0 Å². The molecule has 0 fully saturated rings. The molecule has 14 heteroatoms. The van der Waals surface area contributed by atoms with E-state index in [1.54, 1.807) is 0 Å². The van der Waals surface area contributed by atoms with Crippen molar-refractivity contribution in [1.82, 2.24) is 21.3 Å². The Morgan fingerprint density at radius 2 is 1.33 bits per heavy atom. The van der Waals surface area contributed by atoms with Crippen molar-refractivity contribution in [2.75, 3.05) is 13.1 Å². The fourth-order valence-corrected chi connectivity index (χ4v) is 2.11. The number of carboxylic acids is 3. The predicted molar refractivity (Wildman–Crippen MR) is 96.9 cm³/mol. The number of nitrogens with one attached hydrogen (secondary N) is 4. The monoisotopic (exact) mass is 593 g/mol. The Balaban J connectivity index is 0. The number of rotatable bonds is 14. The average molecular weight is 593 g/mol. The fraction of sp³-hybridized carbons (Fsp3) is 0.625. The molecule has 0 bridgehead atoms. The second kappa shape index (κ2) is 16.6. The molecule has 0 spiro atoms. The molecule has 1 radical (unpaired) electrons. The zero-order chi connectivity index (χ0) is 22.4. The number of amides is 4. The first kappa shape index (κ1) is 30.1. The zero-order valence-electron chi connectivity index (χ0n) is 16.2. The van der Waals surface area contributed by atoms with E-state index in [2.05, 4.69) is 16.0 Å². The summed E-state index contributed by atoms with van der Waals surface area (Å²) >= 11 is 0. The molecule has 2 unspecified atom stereocenters. The molecule has 2 atom stereocenters. The Hall–Kier alpha value is -2.15. The van der Waals surface area contributed by atoms with Crippen LogP contribution in [-0.2, 0) is 24.0 Å². The normalized spacial score (nSPS) is 11.8. The van der Waals surface area contributed by atoms with Crippen molar-refractivity contribution in [3.05, 3.63) is 0 Å². The summed E-state index contributed by atoms with van der Waals surface area (Å²) in [6, 6.07) is -3.81. The number of hydrogen-bond donors (Lipinski definition) is 7. The number of carboxylic acid groups (broad SMARTS) is 3. The maximum absolute atomic E-state index is 11.8.